The van der Waals surface area contributed by atoms with Crippen LogP contribution in [0.2, 0.25) is 0 Å². The second kappa shape index (κ2) is 4.70. The molecule has 0 spiro atoms. The van der Waals surface area contributed by atoms with E-state index >= 15 is 0 Å². The van der Waals surface area contributed by atoms with Crippen LogP contribution in [0.1, 0.15) is 18.3 Å². The highest BCUT2D eigenvalue weighted by molar-refractivity contribution is 5.85. The summed E-state index contributed by atoms with van der Waals surface area (Å²) in [6.45, 7) is 0.739. The van der Waals surface area contributed by atoms with E-state index in [1.807, 2.05) is 12.4 Å². The molecule has 2 rings (SSSR count). The van der Waals surface area contributed by atoms with Crippen molar-refractivity contribution < 1.29 is 0 Å². The van der Waals surface area contributed by atoms with E-state index in [9.17, 15) is 0 Å². The maximum Gasteiger partial charge on any atom is 0.109 e. The lowest BCUT2D eigenvalue weighted by Gasteiger charge is -2.07. The minimum Gasteiger partial charge on any atom is -0.331 e. The molecule has 0 bridgehead atoms. The van der Waals surface area contributed by atoms with Crippen molar-refractivity contribution in [1.82, 2.24) is 9.55 Å². The van der Waals surface area contributed by atoms with Crippen LogP contribution in [0.25, 0.3) is 0 Å². The van der Waals surface area contributed by atoms with Crippen LogP contribution in [0.5, 0.6) is 0 Å². The Morgan fingerprint density at radius 3 is 3.00 bits per heavy atom. The summed E-state index contributed by atoms with van der Waals surface area (Å²) in [6.07, 6.45) is 6.12. The highest BCUT2D eigenvalue weighted by Gasteiger charge is 2.19. The van der Waals surface area contributed by atoms with Crippen LogP contribution in [0, 0.1) is 0 Å². The topological polar surface area (TPSA) is 43.8 Å². The van der Waals surface area contributed by atoms with Crippen molar-refractivity contribution in [2.24, 2.45) is 5.73 Å². The molecular weight excluding hydrogens is 197 g/mol. The summed E-state index contributed by atoms with van der Waals surface area (Å²) in [5.74, 6) is 1.19. The average molecular weight is 210 g/mol. The number of nitrogens with two attached hydrogens (primary N) is 1. The zero-order valence-electron chi connectivity index (χ0n) is 6.64. The maximum absolute atomic E-state index is 5.56. The van der Waals surface area contributed by atoms with Crippen LogP contribution in [-0.2, 0) is 6.42 Å². The van der Waals surface area contributed by atoms with Crippen LogP contribution in [0.3, 0.4) is 0 Å². The average Bonchev–Trinajstić information content (AvgIpc) is 2.44. The summed E-state index contributed by atoms with van der Waals surface area (Å²) >= 11 is 0. The van der Waals surface area contributed by atoms with E-state index in [2.05, 4.69) is 9.55 Å². The standard InChI is InChI=1S/C7H11N3.2ClH/c8-5-6-1-2-7-9-3-4-10(6)7;;/h3-4,6H,1-2,5,8H2;2*1H/t6-;;/m1../s1. The van der Waals surface area contributed by atoms with Crippen molar-refractivity contribution in [3.8, 4) is 0 Å². The molecule has 0 unspecified atom stereocenters. The zero-order valence-corrected chi connectivity index (χ0v) is 8.27. The van der Waals surface area contributed by atoms with E-state index in [0.29, 0.717) is 6.04 Å². The lowest BCUT2D eigenvalue weighted by atomic mass is 10.2. The minimum absolute atomic E-state index is 0. The van der Waals surface area contributed by atoms with E-state index in [4.69, 9.17) is 5.73 Å². The second-order valence-corrected chi connectivity index (χ2v) is 2.68. The van der Waals surface area contributed by atoms with Gasteiger partial charge in [-0.25, -0.2) is 4.98 Å². The van der Waals surface area contributed by atoms with Crippen molar-refractivity contribution in [1.29, 1.82) is 0 Å². The third kappa shape index (κ3) is 1.73. The van der Waals surface area contributed by atoms with Crippen LogP contribution in [0.15, 0.2) is 12.4 Å². The first-order chi connectivity index (χ1) is 4.92. The molecule has 1 aliphatic heterocycles. The van der Waals surface area contributed by atoms with Crippen molar-refractivity contribution in [3.63, 3.8) is 0 Å². The monoisotopic (exact) mass is 209 g/mol. The molecule has 2 N–H and O–H groups in total. The van der Waals surface area contributed by atoms with Gasteiger partial charge >= 0.3 is 0 Å². The molecule has 1 aliphatic rings. The molecule has 2 heterocycles. The second-order valence-electron chi connectivity index (χ2n) is 2.68. The van der Waals surface area contributed by atoms with Gasteiger partial charge in [-0.1, -0.05) is 0 Å². The number of aryl methyl sites for hydroxylation is 1. The number of imidazole rings is 1. The number of fused-ring (bicyclic) bond motifs is 1. The molecule has 12 heavy (non-hydrogen) atoms. The lowest BCUT2D eigenvalue weighted by molar-refractivity contribution is 0.540. The van der Waals surface area contributed by atoms with E-state index < -0.39 is 0 Å². The van der Waals surface area contributed by atoms with Crippen molar-refractivity contribution in [2.45, 2.75) is 18.9 Å². The van der Waals surface area contributed by atoms with Gasteiger partial charge in [-0.2, -0.15) is 0 Å². The van der Waals surface area contributed by atoms with Gasteiger partial charge in [0.2, 0.25) is 0 Å². The van der Waals surface area contributed by atoms with E-state index in [1.54, 1.807) is 0 Å². The summed E-state index contributed by atoms with van der Waals surface area (Å²) in [7, 11) is 0. The molecule has 0 saturated heterocycles. The Morgan fingerprint density at radius 1 is 1.58 bits per heavy atom. The largest absolute Gasteiger partial charge is 0.331 e. The highest BCUT2D eigenvalue weighted by atomic mass is 35.5. The van der Waals surface area contributed by atoms with Gasteiger partial charge in [0.15, 0.2) is 0 Å². The molecular formula is C7H13Cl2N3. The molecule has 0 saturated carbocycles. The van der Waals surface area contributed by atoms with Crippen LogP contribution < -0.4 is 5.73 Å². The van der Waals surface area contributed by atoms with Gasteiger partial charge in [0.1, 0.15) is 5.82 Å². The Kier molecular flexibility index (Phi) is 4.60. The summed E-state index contributed by atoms with van der Waals surface area (Å²) in [6, 6.07) is 0.512. The molecule has 0 amide bonds. The first-order valence-electron chi connectivity index (χ1n) is 3.63. The molecule has 5 heteroatoms. The Balaban J connectivity index is 0.000000605. The fourth-order valence-electron chi connectivity index (χ4n) is 1.54. The maximum atomic E-state index is 5.56. The van der Waals surface area contributed by atoms with Gasteiger partial charge in [0.25, 0.3) is 0 Å². The van der Waals surface area contributed by atoms with Crippen LogP contribution in [-0.4, -0.2) is 16.1 Å². The Bertz CT molecular complexity index is 236. The number of hydrogen-bond acceptors (Lipinski definition) is 2. The number of hydrogen-bond donors (Lipinski definition) is 1. The molecule has 1 aromatic heterocycles. The van der Waals surface area contributed by atoms with Gasteiger partial charge in [-0.15, -0.1) is 24.8 Å². The van der Waals surface area contributed by atoms with E-state index in [1.165, 1.54) is 12.2 Å². The Hall–Kier alpha value is -0.250. The normalized spacial score (nSPS) is 19.2. The number of halogens is 2. The van der Waals surface area contributed by atoms with E-state index in [0.717, 1.165) is 13.0 Å². The third-order valence-electron chi connectivity index (χ3n) is 2.12. The fraction of sp³-hybridized carbons (Fsp3) is 0.571. The van der Waals surface area contributed by atoms with E-state index in [-0.39, 0.29) is 24.8 Å². The van der Waals surface area contributed by atoms with Gasteiger partial charge in [-0.05, 0) is 6.42 Å². The van der Waals surface area contributed by atoms with Crippen molar-refractivity contribution in [2.75, 3.05) is 6.54 Å². The molecule has 0 fully saturated rings. The number of aromatic nitrogens is 2. The Labute approximate surface area is 84.2 Å². The first-order valence-corrected chi connectivity index (χ1v) is 3.63. The number of nitrogens with zero attached hydrogens (tertiary/aromatic N) is 2. The summed E-state index contributed by atoms with van der Waals surface area (Å²) in [4.78, 5) is 4.20. The van der Waals surface area contributed by atoms with Gasteiger partial charge < -0.3 is 10.3 Å². The SMILES string of the molecule is Cl.Cl.NC[C@H]1CCc2nccn21. The quantitative estimate of drug-likeness (QED) is 0.756. The number of rotatable bonds is 1. The van der Waals surface area contributed by atoms with Gasteiger partial charge in [0, 0.05) is 31.4 Å². The molecule has 3 nitrogen and oxygen atoms in total. The molecule has 70 valence electrons. The fourth-order valence-corrected chi connectivity index (χ4v) is 1.54. The van der Waals surface area contributed by atoms with Crippen LogP contribution in [0.4, 0.5) is 0 Å². The first kappa shape index (κ1) is 11.8. The third-order valence-corrected chi connectivity index (χ3v) is 2.12. The molecule has 1 aromatic rings. The van der Waals surface area contributed by atoms with Crippen LogP contribution >= 0.6 is 24.8 Å². The summed E-state index contributed by atoms with van der Waals surface area (Å²) in [5.41, 5.74) is 5.56. The molecule has 0 aliphatic carbocycles. The van der Waals surface area contributed by atoms with Crippen molar-refractivity contribution in [3.05, 3.63) is 18.2 Å². The van der Waals surface area contributed by atoms with Crippen molar-refractivity contribution >= 4 is 24.8 Å². The lowest BCUT2D eigenvalue weighted by Crippen LogP contribution is -2.14. The smallest absolute Gasteiger partial charge is 0.109 e. The predicted octanol–water partition coefficient (Wildman–Crippen LogP) is 1.17. The highest BCUT2D eigenvalue weighted by Crippen LogP contribution is 2.22. The minimum atomic E-state index is 0. The van der Waals surface area contributed by atoms with Gasteiger partial charge in [-0.3, -0.25) is 0 Å². The zero-order chi connectivity index (χ0) is 6.97. The predicted molar refractivity (Wildman–Crippen MR) is 53.1 cm³/mol. The summed E-state index contributed by atoms with van der Waals surface area (Å²) in [5, 5.41) is 0. The molecule has 1 atom stereocenters. The Morgan fingerprint density at radius 2 is 2.33 bits per heavy atom. The van der Waals surface area contributed by atoms with Gasteiger partial charge in [0.05, 0.1) is 0 Å². The molecule has 0 radical (unpaired) electrons. The summed E-state index contributed by atoms with van der Waals surface area (Å²) < 4.78 is 2.18. The molecule has 0 aromatic carbocycles.